The third-order valence-corrected chi connectivity index (χ3v) is 7.61. The summed E-state index contributed by atoms with van der Waals surface area (Å²) in [7, 11) is 0. The average Bonchev–Trinajstić information content (AvgIpc) is 3.17. The lowest BCUT2D eigenvalue weighted by molar-refractivity contribution is 0.385. The summed E-state index contributed by atoms with van der Waals surface area (Å²) in [5, 5.41) is 1.62. The minimum atomic E-state index is 0.0228. The molecule has 4 heterocycles. The van der Waals surface area contributed by atoms with Crippen molar-refractivity contribution in [3.63, 3.8) is 0 Å². The molecular formula is C28H31N7O2. The van der Waals surface area contributed by atoms with Crippen LogP contribution in [0.3, 0.4) is 0 Å². The molecule has 5 aromatic rings. The van der Waals surface area contributed by atoms with Crippen molar-refractivity contribution >= 4 is 38.7 Å². The highest BCUT2D eigenvalue weighted by atomic mass is 16.1. The second-order valence-electron chi connectivity index (χ2n) is 9.93. The zero-order chi connectivity index (χ0) is 25.7. The molecular weight excluding hydrogens is 466 g/mol. The van der Waals surface area contributed by atoms with E-state index in [0.29, 0.717) is 18.5 Å². The van der Waals surface area contributed by atoms with Gasteiger partial charge in [-0.2, -0.15) is 0 Å². The van der Waals surface area contributed by atoms with Crippen LogP contribution in [-0.2, 0) is 13.1 Å². The third kappa shape index (κ3) is 3.80. The number of fused-ring (bicyclic) bond motifs is 3. The molecule has 1 aliphatic rings. The Hall–Kier alpha value is -4.01. The van der Waals surface area contributed by atoms with E-state index in [0.717, 1.165) is 71.2 Å². The van der Waals surface area contributed by atoms with Crippen molar-refractivity contribution < 1.29 is 0 Å². The monoisotopic (exact) mass is 497 g/mol. The maximum Gasteiger partial charge on any atom is 0.329 e. The quantitative estimate of drug-likeness (QED) is 0.364. The highest BCUT2D eigenvalue weighted by Gasteiger charge is 2.25. The minimum absolute atomic E-state index is 0.0228. The second-order valence-corrected chi connectivity index (χ2v) is 9.93. The van der Waals surface area contributed by atoms with Crippen molar-refractivity contribution in [1.29, 1.82) is 0 Å². The summed E-state index contributed by atoms with van der Waals surface area (Å²) in [4.78, 5) is 42.3. The summed E-state index contributed by atoms with van der Waals surface area (Å²) < 4.78 is 5.48. The summed E-state index contributed by atoms with van der Waals surface area (Å²) in [6, 6.07) is 10.0. The van der Waals surface area contributed by atoms with Gasteiger partial charge in [0.1, 0.15) is 12.1 Å². The van der Waals surface area contributed by atoms with Gasteiger partial charge in [0.05, 0.1) is 33.8 Å². The first kappa shape index (κ1) is 23.4. The highest BCUT2D eigenvalue weighted by Crippen LogP contribution is 2.31. The molecule has 6 rings (SSSR count). The molecule has 1 saturated heterocycles. The number of piperidine rings is 1. The number of hydrogen-bond donors (Lipinski definition) is 0. The molecule has 0 aliphatic carbocycles. The Morgan fingerprint density at radius 3 is 2.43 bits per heavy atom. The summed E-state index contributed by atoms with van der Waals surface area (Å²) in [5.74, 6) is 0.879. The number of aryl methyl sites for hydroxylation is 3. The Kier molecular flexibility index (Phi) is 5.78. The molecule has 9 heteroatoms. The van der Waals surface area contributed by atoms with Crippen LogP contribution in [0.2, 0.25) is 0 Å². The van der Waals surface area contributed by atoms with Gasteiger partial charge in [-0.05, 0) is 57.4 Å². The number of benzene rings is 2. The number of anilines is 1. The van der Waals surface area contributed by atoms with E-state index in [2.05, 4.69) is 32.8 Å². The van der Waals surface area contributed by atoms with Crippen molar-refractivity contribution in [2.75, 3.05) is 18.0 Å². The normalized spacial score (nSPS) is 14.8. The van der Waals surface area contributed by atoms with Crippen molar-refractivity contribution in [2.45, 2.75) is 59.2 Å². The van der Waals surface area contributed by atoms with Crippen LogP contribution >= 0.6 is 0 Å². The van der Waals surface area contributed by atoms with E-state index >= 15 is 0 Å². The maximum absolute atomic E-state index is 13.2. The Labute approximate surface area is 214 Å². The molecule has 9 nitrogen and oxygen atoms in total. The highest BCUT2D eigenvalue weighted by molar-refractivity contribution is 5.99. The summed E-state index contributed by atoms with van der Waals surface area (Å²) >= 11 is 0. The standard InChI is InChI=1S/C28H31N7O2/c1-4-10-34-24-14-20-23(15-25(24)33(5-2)28(34)37)29-16-30-26(20)32-11-8-19(9-12-32)35-17-31-22-7-6-18(3)13-21(22)27(35)36/h6-7,13-17,19H,4-5,8-12H2,1-3H3. The van der Waals surface area contributed by atoms with Crippen molar-refractivity contribution in [3.8, 4) is 0 Å². The Morgan fingerprint density at radius 1 is 0.892 bits per heavy atom. The lowest BCUT2D eigenvalue weighted by atomic mass is 10.0. The van der Waals surface area contributed by atoms with Gasteiger partial charge in [-0.1, -0.05) is 18.6 Å². The van der Waals surface area contributed by atoms with Crippen LogP contribution in [0.1, 0.15) is 44.7 Å². The molecule has 3 aromatic heterocycles. The SMILES string of the molecule is CCCn1c(=O)n(CC)c2cc3ncnc(N4CCC(n5cnc6ccc(C)cc6c5=O)CC4)c3cc21. The molecule has 0 amide bonds. The van der Waals surface area contributed by atoms with E-state index in [1.54, 1.807) is 17.2 Å². The molecule has 0 bridgehead atoms. The van der Waals surface area contributed by atoms with Gasteiger partial charge in [-0.15, -0.1) is 0 Å². The predicted octanol–water partition coefficient (Wildman–Crippen LogP) is 4.04. The van der Waals surface area contributed by atoms with Gasteiger partial charge < -0.3 is 4.90 Å². The fourth-order valence-corrected chi connectivity index (χ4v) is 5.71. The molecule has 0 radical (unpaired) electrons. The molecule has 1 aliphatic heterocycles. The summed E-state index contributed by atoms with van der Waals surface area (Å²) in [5.41, 5.74) is 4.52. The molecule has 190 valence electrons. The van der Waals surface area contributed by atoms with Gasteiger partial charge in [0.25, 0.3) is 5.56 Å². The van der Waals surface area contributed by atoms with E-state index in [9.17, 15) is 9.59 Å². The van der Waals surface area contributed by atoms with Gasteiger partial charge in [-0.25, -0.2) is 19.7 Å². The van der Waals surface area contributed by atoms with Crippen LogP contribution in [0.5, 0.6) is 0 Å². The van der Waals surface area contributed by atoms with E-state index in [-0.39, 0.29) is 17.3 Å². The fourth-order valence-electron chi connectivity index (χ4n) is 5.71. The van der Waals surface area contributed by atoms with Crippen molar-refractivity contribution in [3.05, 3.63) is 69.4 Å². The van der Waals surface area contributed by atoms with Gasteiger partial charge in [0, 0.05) is 37.6 Å². The average molecular weight is 498 g/mol. The smallest absolute Gasteiger partial charge is 0.329 e. The van der Waals surface area contributed by atoms with Gasteiger partial charge in [0.2, 0.25) is 0 Å². The first-order valence-electron chi connectivity index (χ1n) is 13.1. The third-order valence-electron chi connectivity index (χ3n) is 7.61. The van der Waals surface area contributed by atoms with Gasteiger partial charge in [-0.3, -0.25) is 18.5 Å². The van der Waals surface area contributed by atoms with Crippen LogP contribution in [0.4, 0.5) is 5.82 Å². The molecule has 0 spiro atoms. The van der Waals surface area contributed by atoms with Gasteiger partial charge >= 0.3 is 5.69 Å². The van der Waals surface area contributed by atoms with Crippen molar-refractivity contribution in [1.82, 2.24) is 28.7 Å². The van der Waals surface area contributed by atoms with Crippen LogP contribution < -0.4 is 16.1 Å². The summed E-state index contributed by atoms with van der Waals surface area (Å²) in [6.07, 6.45) is 5.82. The van der Waals surface area contributed by atoms with E-state index in [4.69, 9.17) is 0 Å². The molecule has 1 fully saturated rings. The molecule has 37 heavy (non-hydrogen) atoms. The largest absolute Gasteiger partial charge is 0.356 e. The molecule has 2 aromatic carbocycles. The first-order valence-corrected chi connectivity index (χ1v) is 13.1. The van der Waals surface area contributed by atoms with E-state index in [1.165, 1.54) is 0 Å². The van der Waals surface area contributed by atoms with E-state index < -0.39 is 0 Å². The minimum Gasteiger partial charge on any atom is -0.356 e. The topological polar surface area (TPSA) is 90.8 Å². The predicted molar refractivity (Wildman–Crippen MR) is 146 cm³/mol. The van der Waals surface area contributed by atoms with Gasteiger partial charge in [0.15, 0.2) is 0 Å². The van der Waals surface area contributed by atoms with Crippen LogP contribution in [0, 0.1) is 6.92 Å². The fraction of sp³-hybridized carbons (Fsp3) is 0.393. The van der Waals surface area contributed by atoms with Crippen LogP contribution in [0.15, 0.2) is 52.6 Å². The lowest BCUT2D eigenvalue weighted by Crippen LogP contribution is -2.38. The molecule has 0 atom stereocenters. The molecule has 0 N–H and O–H groups in total. The number of hydrogen-bond acceptors (Lipinski definition) is 6. The number of aromatic nitrogens is 6. The van der Waals surface area contributed by atoms with Crippen LogP contribution in [-0.4, -0.2) is 41.7 Å². The number of rotatable bonds is 5. The number of nitrogens with zero attached hydrogens (tertiary/aromatic N) is 7. The Balaban J connectivity index is 1.34. The zero-order valence-corrected chi connectivity index (χ0v) is 21.5. The Morgan fingerprint density at radius 2 is 1.68 bits per heavy atom. The molecule has 0 unspecified atom stereocenters. The molecule has 0 saturated carbocycles. The maximum atomic E-state index is 13.2. The van der Waals surface area contributed by atoms with E-state index in [1.807, 2.05) is 47.2 Å². The Bertz CT molecular complexity index is 1760. The zero-order valence-electron chi connectivity index (χ0n) is 21.5. The second kappa shape index (κ2) is 9.14. The summed E-state index contributed by atoms with van der Waals surface area (Å²) in [6.45, 7) is 8.90. The number of imidazole rings is 1. The first-order chi connectivity index (χ1) is 18.0. The van der Waals surface area contributed by atoms with Crippen LogP contribution in [0.25, 0.3) is 32.8 Å². The lowest BCUT2D eigenvalue weighted by Gasteiger charge is -2.34. The van der Waals surface area contributed by atoms with Crippen molar-refractivity contribution in [2.24, 2.45) is 0 Å².